The van der Waals surface area contributed by atoms with Crippen LogP contribution in [0.3, 0.4) is 0 Å². The van der Waals surface area contributed by atoms with Crippen molar-refractivity contribution in [1.82, 2.24) is 25.0 Å². The molecule has 0 amide bonds. The standard InChI is InChI=1S/C26H32N6O/c1-20-29-30-25(31(20)2)19-28-26(27-16-13-21-9-11-24(33-3)12-10-21)32-17-14-23(15-18-32)22-7-5-4-6-8-22/h4-12,14H,13,15-19H2,1-3H3,(H,27,28). The number of nitrogens with zero attached hydrogens (tertiary/aromatic N) is 5. The van der Waals surface area contributed by atoms with Gasteiger partial charge in [-0.05, 0) is 48.6 Å². The van der Waals surface area contributed by atoms with E-state index in [0.29, 0.717) is 6.54 Å². The van der Waals surface area contributed by atoms with Gasteiger partial charge in [0.15, 0.2) is 11.8 Å². The molecule has 0 atom stereocenters. The fourth-order valence-electron chi connectivity index (χ4n) is 3.89. The van der Waals surface area contributed by atoms with Crippen molar-refractivity contribution < 1.29 is 4.74 Å². The maximum absolute atomic E-state index is 5.26. The van der Waals surface area contributed by atoms with Crippen molar-refractivity contribution in [3.8, 4) is 5.75 Å². The third-order valence-electron chi connectivity index (χ3n) is 6.06. The van der Waals surface area contributed by atoms with Crippen LogP contribution in [0.2, 0.25) is 0 Å². The first kappa shape index (κ1) is 22.6. The molecule has 0 saturated heterocycles. The fourth-order valence-corrected chi connectivity index (χ4v) is 3.89. The summed E-state index contributed by atoms with van der Waals surface area (Å²) in [6, 6.07) is 18.8. The molecule has 7 nitrogen and oxygen atoms in total. The van der Waals surface area contributed by atoms with Crippen LogP contribution in [-0.4, -0.2) is 52.4 Å². The largest absolute Gasteiger partial charge is 0.497 e. The first-order valence-electron chi connectivity index (χ1n) is 11.4. The van der Waals surface area contributed by atoms with Crippen molar-refractivity contribution in [2.45, 2.75) is 26.3 Å². The molecule has 1 aromatic heterocycles. The number of aryl methyl sites for hydroxylation is 1. The maximum Gasteiger partial charge on any atom is 0.194 e. The first-order chi connectivity index (χ1) is 16.1. The molecular weight excluding hydrogens is 412 g/mol. The van der Waals surface area contributed by atoms with Gasteiger partial charge in [-0.25, -0.2) is 4.99 Å². The lowest BCUT2D eigenvalue weighted by atomic mass is 10.00. The number of ether oxygens (including phenoxy) is 1. The Bertz CT molecular complexity index is 1100. The van der Waals surface area contributed by atoms with E-state index in [0.717, 1.165) is 55.8 Å². The fraction of sp³-hybridized carbons (Fsp3) is 0.346. The van der Waals surface area contributed by atoms with Crippen LogP contribution < -0.4 is 10.1 Å². The van der Waals surface area contributed by atoms with Gasteiger partial charge in [0.25, 0.3) is 0 Å². The Balaban J connectivity index is 1.44. The normalized spacial score (nSPS) is 14.2. The second-order valence-corrected chi connectivity index (χ2v) is 8.18. The van der Waals surface area contributed by atoms with Gasteiger partial charge in [0.05, 0.1) is 7.11 Å². The molecule has 2 heterocycles. The Morgan fingerprint density at radius 3 is 2.52 bits per heavy atom. The van der Waals surface area contributed by atoms with E-state index < -0.39 is 0 Å². The molecule has 172 valence electrons. The molecule has 7 heteroatoms. The Labute approximate surface area is 195 Å². The Morgan fingerprint density at radius 2 is 1.88 bits per heavy atom. The summed E-state index contributed by atoms with van der Waals surface area (Å²) >= 11 is 0. The summed E-state index contributed by atoms with van der Waals surface area (Å²) in [5.74, 6) is 3.54. The van der Waals surface area contributed by atoms with Gasteiger partial charge >= 0.3 is 0 Å². The van der Waals surface area contributed by atoms with E-state index in [1.165, 1.54) is 16.7 Å². The summed E-state index contributed by atoms with van der Waals surface area (Å²) in [5.41, 5.74) is 3.96. The van der Waals surface area contributed by atoms with Crippen LogP contribution in [0.1, 0.15) is 29.2 Å². The Kier molecular flexibility index (Phi) is 7.40. The minimum atomic E-state index is 0.494. The molecule has 1 N–H and O–H groups in total. The van der Waals surface area contributed by atoms with Gasteiger partial charge in [0.1, 0.15) is 18.1 Å². The number of nitrogens with one attached hydrogen (secondary N) is 1. The number of guanidine groups is 1. The number of aliphatic imine (C=N–C) groups is 1. The van der Waals surface area contributed by atoms with E-state index in [2.05, 4.69) is 69.0 Å². The van der Waals surface area contributed by atoms with Gasteiger partial charge in [0, 0.05) is 26.7 Å². The average molecular weight is 445 g/mol. The Hall–Kier alpha value is -3.61. The number of benzene rings is 2. The quantitative estimate of drug-likeness (QED) is 0.445. The topological polar surface area (TPSA) is 67.6 Å². The van der Waals surface area contributed by atoms with Crippen molar-refractivity contribution in [2.24, 2.45) is 12.0 Å². The highest BCUT2D eigenvalue weighted by atomic mass is 16.5. The molecule has 0 fully saturated rings. The summed E-state index contributed by atoms with van der Waals surface area (Å²) in [5, 5.41) is 12.0. The highest BCUT2D eigenvalue weighted by Gasteiger charge is 2.17. The summed E-state index contributed by atoms with van der Waals surface area (Å²) in [4.78, 5) is 7.22. The molecule has 3 aromatic rings. The van der Waals surface area contributed by atoms with E-state index in [1.807, 2.05) is 30.7 Å². The molecule has 0 unspecified atom stereocenters. The molecule has 0 spiro atoms. The summed E-state index contributed by atoms with van der Waals surface area (Å²) in [7, 11) is 3.67. The lowest BCUT2D eigenvalue weighted by Gasteiger charge is -2.30. The SMILES string of the molecule is COc1ccc(CCNC(=NCc2nnc(C)n2C)N2CC=C(c3ccccc3)CC2)cc1. The summed E-state index contributed by atoms with van der Waals surface area (Å²) < 4.78 is 7.25. The van der Waals surface area contributed by atoms with Crippen LogP contribution in [0, 0.1) is 6.92 Å². The van der Waals surface area contributed by atoms with Crippen molar-refractivity contribution in [1.29, 1.82) is 0 Å². The molecule has 2 aromatic carbocycles. The van der Waals surface area contributed by atoms with E-state index in [4.69, 9.17) is 9.73 Å². The van der Waals surface area contributed by atoms with Crippen LogP contribution in [0.4, 0.5) is 0 Å². The minimum Gasteiger partial charge on any atom is -0.497 e. The molecule has 1 aliphatic heterocycles. The van der Waals surface area contributed by atoms with Crippen LogP contribution in [0.15, 0.2) is 65.7 Å². The molecule has 1 aliphatic rings. The van der Waals surface area contributed by atoms with E-state index in [9.17, 15) is 0 Å². The predicted octanol–water partition coefficient (Wildman–Crippen LogP) is 3.61. The van der Waals surface area contributed by atoms with Gasteiger partial charge < -0.3 is 19.5 Å². The van der Waals surface area contributed by atoms with Crippen molar-refractivity contribution in [3.05, 3.63) is 83.4 Å². The molecule has 0 aliphatic carbocycles. The number of aromatic nitrogens is 3. The minimum absolute atomic E-state index is 0.494. The zero-order valence-corrected chi connectivity index (χ0v) is 19.7. The van der Waals surface area contributed by atoms with Crippen LogP contribution in [0.25, 0.3) is 5.57 Å². The number of rotatable bonds is 7. The van der Waals surface area contributed by atoms with Crippen LogP contribution in [-0.2, 0) is 20.0 Å². The van der Waals surface area contributed by atoms with Gasteiger partial charge in [-0.2, -0.15) is 0 Å². The third kappa shape index (κ3) is 5.80. The van der Waals surface area contributed by atoms with Crippen molar-refractivity contribution in [2.75, 3.05) is 26.7 Å². The van der Waals surface area contributed by atoms with Gasteiger partial charge in [-0.3, -0.25) is 0 Å². The Morgan fingerprint density at radius 1 is 1.09 bits per heavy atom. The molecule has 0 saturated carbocycles. The first-order valence-corrected chi connectivity index (χ1v) is 11.4. The van der Waals surface area contributed by atoms with Crippen LogP contribution in [0.5, 0.6) is 5.75 Å². The molecule has 33 heavy (non-hydrogen) atoms. The summed E-state index contributed by atoms with van der Waals surface area (Å²) in [6.07, 6.45) is 4.21. The van der Waals surface area contributed by atoms with Gasteiger partial charge in [-0.1, -0.05) is 48.5 Å². The van der Waals surface area contributed by atoms with Crippen molar-refractivity contribution >= 4 is 11.5 Å². The zero-order chi connectivity index (χ0) is 23.0. The van der Waals surface area contributed by atoms with E-state index >= 15 is 0 Å². The van der Waals surface area contributed by atoms with Crippen LogP contribution >= 0.6 is 0 Å². The molecule has 0 bridgehead atoms. The number of hydrogen-bond donors (Lipinski definition) is 1. The average Bonchev–Trinajstić information content (AvgIpc) is 3.19. The third-order valence-corrected chi connectivity index (χ3v) is 6.06. The number of hydrogen-bond acceptors (Lipinski definition) is 4. The summed E-state index contributed by atoms with van der Waals surface area (Å²) in [6.45, 7) is 5.00. The molecule has 4 rings (SSSR count). The highest BCUT2D eigenvalue weighted by molar-refractivity contribution is 5.81. The zero-order valence-electron chi connectivity index (χ0n) is 19.7. The lowest BCUT2D eigenvalue weighted by Crippen LogP contribution is -2.44. The lowest BCUT2D eigenvalue weighted by molar-refractivity contribution is 0.414. The smallest absolute Gasteiger partial charge is 0.194 e. The second kappa shape index (κ2) is 10.8. The monoisotopic (exact) mass is 444 g/mol. The second-order valence-electron chi connectivity index (χ2n) is 8.18. The van der Waals surface area contributed by atoms with Crippen molar-refractivity contribution in [3.63, 3.8) is 0 Å². The molecular formula is C26H32N6O. The highest BCUT2D eigenvalue weighted by Crippen LogP contribution is 2.22. The maximum atomic E-state index is 5.26. The van der Waals surface area contributed by atoms with E-state index in [-0.39, 0.29) is 0 Å². The molecule has 0 radical (unpaired) electrons. The number of methoxy groups -OCH3 is 1. The predicted molar refractivity (Wildman–Crippen MR) is 132 cm³/mol. The van der Waals surface area contributed by atoms with Gasteiger partial charge in [-0.15, -0.1) is 10.2 Å². The van der Waals surface area contributed by atoms with Gasteiger partial charge in [0.2, 0.25) is 0 Å². The van der Waals surface area contributed by atoms with E-state index in [1.54, 1.807) is 7.11 Å².